The molecule has 0 aliphatic carbocycles. The Morgan fingerprint density at radius 1 is 0.805 bits per heavy atom. The normalized spacial score (nSPS) is 11.5. The molecule has 1 heterocycles. The molecule has 0 unspecified atom stereocenters. The van der Waals surface area contributed by atoms with Gasteiger partial charge in [0.25, 0.3) is 0 Å². The Labute approximate surface area is 250 Å². The summed E-state index contributed by atoms with van der Waals surface area (Å²) in [5.41, 5.74) is 6.90. The lowest BCUT2D eigenvalue weighted by molar-refractivity contribution is -0.432. The SMILES string of the molecule is Nc1c(SOOO)cc2cc(SOOO)cc(O)c2c1/N=N/c1ccc(Nc2nc(Cl)nc(Cl)n2)cc1SOOO. The smallest absolute Gasteiger partial charge is 0.232 e. The van der Waals surface area contributed by atoms with Gasteiger partial charge >= 0.3 is 0 Å². The van der Waals surface area contributed by atoms with Crippen LogP contribution in [0.1, 0.15) is 0 Å². The molecule has 0 amide bonds. The van der Waals surface area contributed by atoms with E-state index in [1.54, 1.807) is 12.1 Å². The highest BCUT2D eigenvalue weighted by atomic mass is 35.5. The summed E-state index contributed by atoms with van der Waals surface area (Å²) in [4.78, 5) is 12.3. The Morgan fingerprint density at radius 2 is 1.46 bits per heavy atom. The second-order valence-electron chi connectivity index (χ2n) is 7.06. The molecule has 0 radical (unpaired) electrons. The molecule has 0 fully saturated rings. The molecule has 17 nitrogen and oxygen atoms in total. The molecular weight excluding hydrogens is 653 g/mol. The number of rotatable bonds is 13. The number of benzene rings is 3. The third-order valence-corrected chi connectivity index (χ3v) is 6.87. The fourth-order valence-corrected chi connectivity index (χ4v) is 4.94. The van der Waals surface area contributed by atoms with Crippen LogP contribution in [0, 0.1) is 0 Å². The molecule has 0 spiro atoms. The summed E-state index contributed by atoms with van der Waals surface area (Å²) < 4.78 is 13.5. The van der Waals surface area contributed by atoms with Gasteiger partial charge in [0.15, 0.2) is 0 Å². The highest BCUT2D eigenvalue weighted by molar-refractivity contribution is 7.95. The van der Waals surface area contributed by atoms with E-state index in [0.29, 0.717) is 52.1 Å². The van der Waals surface area contributed by atoms with Gasteiger partial charge in [-0.25, -0.2) is 15.8 Å². The van der Waals surface area contributed by atoms with E-state index >= 15 is 0 Å². The summed E-state index contributed by atoms with van der Waals surface area (Å²) in [6.45, 7) is 0. The Hall–Kier alpha value is -2.80. The quantitative estimate of drug-likeness (QED) is 0.0275. The first-order chi connectivity index (χ1) is 19.8. The van der Waals surface area contributed by atoms with Gasteiger partial charge < -0.3 is 16.2 Å². The van der Waals surface area contributed by atoms with Crippen molar-refractivity contribution in [3.63, 3.8) is 0 Å². The average molecular weight is 666 g/mol. The van der Waals surface area contributed by atoms with Crippen molar-refractivity contribution in [1.82, 2.24) is 15.0 Å². The van der Waals surface area contributed by atoms with Crippen LogP contribution in [0.5, 0.6) is 5.75 Å². The topological polar surface area (TPSA) is 238 Å². The van der Waals surface area contributed by atoms with Crippen molar-refractivity contribution in [3.05, 3.63) is 47.0 Å². The molecule has 3 aromatic carbocycles. The Bertz CT molecular complexity index is 1560. The first-order valence-electron chi connectivity index (χ1n) is 10.3. The largest absolute Gasteiger partial charge is 0.507 e. The highest BCUT2D eigenvalue weighted by Crippen LogP contribution is 2.46. The van der Waals surface area contributed by atoms with E-state index in [2.05, 4.69) is 58.6 Å². The standard InChI is InChI=1S/C19H13Cl2N7O10S3/c20-17-24-18(21)26-19(25-17)23-8-1-2-10(12(5-8)40-37-34-31)27-28-16-14-7(4-13(15(16)22)41-38-35-32)3-9(6-11(14)29)39-36-33-30/h1-6,29-32H,22H2,(H,23,24,25,26)/b28-27+. The van der Waals surface area contributed by atoms with Gasteiger partial charge in [-0.2, -0.15) is 15.0 Å². The number of hydrogen-bond donors (Lipinski definition) is 6. The molecule has 41 heavy (non-hydrogen) atoms. The van der Waals surface area contributed by atoms with Crippen LogP contribution >= 0.6 is 59.3 Å². The van der Waals surface area contributed by atoms with Gasteiger partial charge in [-0.1, -0.05) is 15.1 Å². The number of nitrogen functional groups attached to an aromatic ring is 1. The molecule has 4 aromatic rings. The second-order valence-corrected chi connectivity index (χ2v) is 10.00. The summed E-state index contributed by atoms with van der Waals surface area (Å²) in [5, 5.41) is 59.0. The predicted octanol–water partition coefficient (Wildman–Crippen LogP) is 7.06. The highest BCUT2D eigenvalue weighted by Gasteiger charge is 2.18. The van der Waals surface area contributed by atoms with Gasteiger partial charge in [0.2, 0.25) is 16.5 Å². The molecule has 0 aliphatic heterocycles. The zero-order valence-corrected chi connectivity index (χ0v) is 23.5. The van der Waals surface area contributed by atoms with Crippen molar-refractivity contribution >= 4 is 98.8 Å². The number of azo groups is 1. The van der Waals surface area contributed by atoms with Crippen LogP contribution in [0.25, 0.3) is 10.8 Å². The third kappa shape index (κ3) is 8.15. The molecule has 22 heteroatoms. The summed E-state index contributed by atoms with van der Waals surface area (Å²) in [6.07, 6.45) is 0. The van der Waals surface area contributed by atoms with E-state index in [9.17, 15) is 5.11 Å². The minimum absolute atomic E-state index is 0.0000285. The molecule has 0 atom stereocenters. The van der Waals surface area contributed by atoms with Gasteiger partial charge in [0.1, 0.15) is 17.1 Å². The first kappa shape index (κ1) is 31.1. The van der Waals surface area contributed by atoms with Crippen molar-refractivity contribution < 1.29 is 49.0 Å². The summed E-state index contributed by atoms with van der Waals surface area (Å²) >= 11 is 13.4. The molecule has 0 saturated carbocycles. The summed E-state index contributed by atoms with van der Waals surface area (Å²) in [5.74, 6) is -0.227. The lowest BCUT2D eigenvalue weighted by Gasteiger charge is -2.12. The van der Waals surface area contributed by atoms with Crippen LogP contribution in [0.4, 0.5) is 28.7 Å². The number of aromatic hydroxyl groups is 1. The molecule has 0 saturated heterocycles. The summed E-state index contributed by atoms with van der Waals surface area (Å²) in [6, 6.07) is 8.97. The van der Waals surface area contributed by atoms with E-state index in [-0.39, 0.29) is 54.5 Å². The lowest BCUT2D eigenvalue weighted by atomic mass is 10.1. The molecule has 4 rings (SSSR count). The third-order valence-electron chi connectivity index (χ3n) is 4.69. The van der Waals surface area contributed by atoms with Gasteiger partial charge in [-0.15, -0.1) is 23.2 Å². The fraction of sp³-hybridized carbons (Fsp3) is 0. The van der Waals surface area contributed by atoms with Crippen molar-refractivity contribution in [2.75, 3.05) is 11.1 Å². The van der Waals surface area contributed by atoms with Crippen molar-refractivity contribution in [1.29, 1.82) is 0 Å². The van der Waals surface area contributed by atoms with Gasteiger partial charge in [-0.05, 0) is 65.0 Å². The molecule has 0 bridgehead atoms. The number of anilines is 3. The van der Waals surface area contributed by atoms with Crippen LogP contribution in [-0.4, -0.2) is 35.8 Å². The van der Waals surface area contributed by atoms with Gasteiger partial charge in [0.05, 0.1) is 57.0 Å². The molecule has 1 aromatic heterocycles. The van der Waals surface area contributed by atoms with E-state index in [0.717, 1.165) is 0 Å². The molecular formula is C19H13Cl2N7O10S3. The van der Waals surface area contributed by atoms with E-state index in [1.807, 2.05) is 0 Å². The number of aromatic nitrogens is 3. The van der Waals surface area contributed by atoms with Crippen molar-refractivity contribution in [3.8, 4) is 5.75 Å². The molecule has 0 aliphatic rings. The lowest BCUT2D eigenvalue weighted by Crippen LogP contribution is -1.99. The fourth-order valence-electron chi connectivity index (χ4n) is 3.20. The maximum absolute atomic E-state index is 10.8. The van der Waals surface area contributed by atoms with Gasteiger partial charge in [-0.3, -0.25) is 0 Å². The van der Waals surface area contributed by atoms with E-state index < -0.39 is 0 Å². The monoisotopic (exact) mass is 665 g/mol. The predicted molar refractivity (Wildman–Crippen MR) is 146 cm³/mol. The summed E-state index contributed by atoms with van der Waals surface area (Å²) in [7, 11) is 0. The number of phenolic OH excluding ortho intramolecular Hbond substituents is 1. The van der Waals surface area contributed by atoms with E-state index in [1.165, 1.54) is 24.3 Å². The zero-order chi connectivity index (χ0) is 29.4. The Morgan fingerprint density at radius 3 is 2.15 bits per heavy atom. The van der Waals surface area contributed by atoms with Crippen LogP contribution in [0.15, 0.2) is 61.3 Å². The number of phenols is 1. The Balaban J connectivity index is 1.76. The van der Waals surface area contributed by atoms with Crippen LogP contribution in [-0.2, 0) is 28.1 Å². The number of nitrogens with two attached hydrogens (primary N) is 1. The number of nitrogens with zero attached hydrogens (tertiary/aromatic N) is 5. The van der Waals surface area contributed by atoms with Crippen molar-refractivity contribution in [2.45, 2.75) is 14.7 Å². The van der Waals surface area contributed by atoms with Crippen LogP contribution in [0.2, 0.25) is 10.6 Å². The maximum Gasteiger partial charge on any atom is 0.232 e. The minimum Gasteiger partial charge on any atom is -0.507 e. The minimum atomic E-state index is -0.274. The average Bonchev–Trinajstić information content (AvgIpc) is 2.93. The number of fused-ring (bicyclic) bond motifs is 1. The van der Waals surface area contributed by atoms with Gasteiger partial charge in [0, 0.05) is 10.6 Å². The molecule has 7 N–H and O–H groups in total. The van der Waals surface area contributed by atoms with Crippen molar-refractivity contribution in [2.24, 2.45) is 10.2 Å². The van der Waals surface area contributed by atoms with E-state index in [4.69, 9.17) is 44.7 Å². The second kappa shape index (κ2) is 14.9. The number of hydrogen-bond acceptors (Lipinski definition) is 20. The first-order valence-corrected chi connectivity index (χ1v) is 13.2. The molecule has 216 valence electrons. The van der Waals surface area contributed by atoms with Crippen LogP contribution in [0.3, 0.4) is 0 Å². The maximum atomic E-state index is 10.8. The Kier molecular flexibility index (Phi) is 11.3. The van der Waals surface area contributed by atoms with Crippen LogP contribution < -0.4 is 11.1 Å². The number of nitrogens with one attached hydrogen (secondary N) is 1. The number of halogens is 2. The zero-order valence-electron chi connectivity index (χ0n) is 19.5.